The van der Waals surface area contributed by atoms with Crippen LogP contribution in [0.3, 0.4) is 0 Å². The van der Waals surface area contributed by atoms with E-state index in [9.17, 15) is 4.79 Å². The number of hydrogen-bond acceptors (Lipinski definition) is 3. The molecule has 1 N–H and O–H groups in total. The molecule has 4 nitrogen and oxygen atoms in total. The second-order valence-corrected chi connectivity index (χ2v) is 6.54. The van der Waals surface area contributed by atoms with Gasteiger partial charge in [0.05, 0.1) is 19.2 Å². The molecule has 2 rings (SSSR count). The predicted molar refractivity (Wildman–Crippen MR) is 98.9 cm³/mol. The van der Waals surface area contributed by atoms with Gasteiger partial charge in [0.25, 0.3) is 0 Å². The Balaban J connectivity index is 1.97. The number of amides is 1. The minimum Gasteiger partial charge on any atom is -0.493 e. The van der Waals surface area contributed by atoms with Gasteiger partial charge in [-0.2, -0.15) is 5.10 Å². The standard InChI is InChI=1S/C17H16Br2N2O2/c1-2-23-16-8-7-15(19)10-13(16)11-20-21-17(22)9-12-3-5-14(18)6-4-12/h3-8,10-11H,2,9H2,1H3,(H,21,22). The maximum absolute atomic E-state index is 11.9. The van der Waals surface area contributed by atoms with Crippen LogP contribution in [-0.4, -0.2) is 18.7 Å². The van der Waals surface area contributed by atoms with Gasteiger partial charge in [-0.15, -0.1) is 0 Å². The molecule has 2 aromatic rings. The van der Waals surface area contributed by atoms with E-state index in [1.165, 1.54) is 0 Å². The molecule has 0 heterocycles. The summed E-state index contributed by atoms with van der Waals surface area (Å²) in [4.78, 5) is 11.9. The molecule has 0 aliphatic rings. The molecule has 0 saturated heterocycles. The molecule has 0 saturated carbocycles. The van der Waals surface area contributed by atoms with Crippen LogP contribution in [0.4, 0.5) is 0 Å². The lowest BCUT2D eigenvalue weighted by molar-refractivity contribution is -0.120. The van der Waals surface area contributed by atoms with Crippen molar-refractivity contribution in [2.24, 2.45) is 5.10 Å². The number of carbonyl (C=O) groups is 1. The second-order valence-electron chi connectivity index (χ2n) is 4.71. The normalized spacial score (nSPS) is 10.7. The molecular formula is C17H16Br2N2O2. The van der Waals surface area contributed by atoms with Gasteiger partial charge >= 0.3 is 0 Å². The van der Waals surface area contributed by atoms with Crippen LogP contribution >= 0.6 is 31.9 Å². The summed E-state index contributed by atoms with van der Waals surface area (Å²) in [6.45, 7) is 2.49. The predicted octanol–water partition coefficient (Wildman–Crippen LogP) is 4.30. The largest absolute Gasteiger partial charge is 0.493 e. The van der Waals surface area contributed by atoms with E-state index in [0.29, 0.717) is 6.61 Å². The molecule has 0 aliphatic carbocycles. The Morgan fingerprint density at radius 2 is 1.87 bits per heavy atom. The Labute approximate surface area is 152 Å². The average Bonchev–Trinajstić information content (AvgIpc) is 2.52. The van der Waals surface area contributed by atoms with Crippen LogP contribution in [0.15, 0.2) is 56.5 Å². The Hall–Kier alpha value is -1.66. The monoisotopic (exact) mass is 438 g/mol. The molecule has 0 fully saturated rings. The van der Waals surface area contributed by atoms with Gasteiger partial charge in [-0.05, 0) is 42.8 Å². The van der Waals surface area contributed by atoms with E-state index >= 15 is 0 Å². The maximum atomic E-state index is 11.9. The highest BCUT2D eigenvalue weighted by Crippen LogP contribution is 2.21. The van der Waals surface area contributed by atoms with Gasteiger partial charge in [0.15, 0.2) is 0 Å². The number of hydrazone groups is 1. The third kappa shape index (κ3) is 5.80. The molecule has 0 bridgehead atoms. The van der Waals surface area contributed by atoms with Crippen molar-refractivity contribution in [1.82, 2.24) is 5.43 Å². The van der Waals surface area contributed by atoms with Crippen molar-refractivity contribution in [2.45, 2.75) is 13.3 Å². The zero-order valence-corrected chi connectivity index (χ0v) is 15.7. The van der Waals surface area contributed by atoms with Gasteiger partial charge < -0.3 is 4.74 Å². The van der Waals surface area contributed by atoms with Gasteiger partial charge in [0, 0.05) is 14.5 Å². The van der Waals surface area contributed by atoms with Crippen molar-refractivity contribution in [3.63, 3.8) is 0 Å². The topological polar surface area (TPSA) is 50.7 Å². The minimum absolute atomic E-state index is 0.170. The van der Waals surface area contributed by atoms with E-state index in [1.807, 2.05) is 49.4 Å². The van der Waals surface area contributed by atoms with Crippen molar-refractivity contribution in [3.8, 4) is 5.75 Å². The van der Waals surface area contributed by atoms with Crippen LogP contribution < -0.4 is 10.2 Å². The second kappa shape index (κ2) is 8.84. The number of halogens is 2. The van der Waals surface area contributed by atoms with Gasteiger partial charge in [0.2, 0.25) is 5.91 Å². The zero-order valence-electron chi connectivity index (χ0n) is 12.6. The molecule has 1 amide bonds. The number of nitrogens with zero attached hydrogens (tertiary/aromatic N) is 1. The molecule has 23 heavy (non-hydrogen) atoms. The van der Waals surface area contributed by atoms with E-state index in [4.69, 9.17) is 4.74 Å². The molecule has 0 radical (unpaired) electrons. The highest BCUT2D eigenvalue weighted by Gasteiger charge is 2.04. The number of rotatable bonds is 6. The number of carbonyl (C=O) groups excluding carboxylic acids is 1. The van der Waals surface area contributed by atoms with Crippen LogP contribution in [-0.2, 0) is 11.2 Å². The Morgan fingerprint density at radius 3 is 2.57 bits per heavy atom. The third-order valence-corrected chi connectivity index (χ3v) is 3.96. The van der Waals surface area contributed by atoms with Gasteiger partial charge in [-0.25, -0.2) is 5.43 Å². The fourth-order valence-electron chi connectivity index (χ4n) is 1.91. The number of hydrogen-bond donors (Lipinski definition) is 1. The van der Waals surface area contributed by atoms with Crippen molar-refractivity contribution >= 4 is 44.0 Å². The summed E-state index contributed by atoms with van der Waals surface area (Å²) in [6, 6.07) is 13.2. The first-order chi connectivity index (χ1) is 11.1. The summed E-state index contributed by atoms with van der Waals surface area (Å²) in [7, 11) is 0. The lowest BCUT2D eigenvalue weighted by atomic mass is 10.1. The number of benzene rings is 2. The van der Waals surface area contributed by atoms with E-state index < -0.39 is 0 Å². The lowest BCUT2D eigenvalue weighted by Gasteiger charge is -2.07. The highest BCUT2D eigenvalue weighted by atomic mass is 79.9. The summed E-state index contributed by atoms with van der Waals surface area (Å²) < 4.78 is 7.43. The molecule has 0 spiro atoms. The van der Waals surface area contributed by atoms with Crippen molar-refractivity contribution in [1.29, 1.82) is 0 Å². The molecule has 0 atom stereocenters. The SMILES string of the molecule is CCOc1ccc(Br)cc1C=NNC(=O)Cc1ccc(Br)cc1. The zero-order chi connectivity index (χ0) is 16.7. The summed E-state index contributed by atoms with van der Waals surface area (Å²) in [5, 5.41) is 4.00. The van der Waals surface area contributed by atoms with Crippen LogP contribution in [0, 0.1) is 0 Å². The molecule has 6 heteroatoms. The molecule has 0 unspecified atom stereocenters. The first-order valence-electron chi connectivity index (χ1n) is 7.07. The minimum atomic E-state index is -0.170. The quantitative estimate of drug-likeness (QED) is 0.538. The molecule has 120 valence electrons. The smallest absolute Gasteiger partial charge is 0.244 e. The fraction of sp³-hybridized carbons (Fsp3) is 0.176. The Morgan fingerprint density at radius 1 is 1.17 bits per heavy atom. The van der Waals surface area contributed by atoms with E-state index in [2.05, 4.69) is 42.4 Å². The van der Waals surface area contributed by atoms with E-state index in [-0.39, 0.29) is 12.3 Å². The number of ether oxygens (including phenoxy) is 1. The number of nitrogens with one attached hydrogen (secondary N) is 1. The highest BCUT2D eigenvalue weighted by molar-refractivity contribution is 9.10. The first kappa shape index (κ1) is 17.7. The van der Waals surface area contributed by atoms with Gasteiger partial charge in [-0.1, -0.05) is 44.0 Å². The van der Waals surface area contributed by atoms with Gasteiger partial charge in [-0.3, -0.25) is 4.79 Å². The molecule has 0 aliphatic heterocycles. The first-order valence-corrected chi connectivity index (χ1v) is 8.65. The molecule has 0 aromatic heterocycles. The summed E-state index contributed by atoms with van der Waals surface area (Å²) >= 11 is 6.77. The fourth-order valence-corrected chi connectivity index (χ4v) is 2.55. The average molecular weight is 440 g/mol. The van der Waals surface area contributed by atoms with Crippen LogP contribution in [0.2, 0.25) is 0 Å². The van der Waals surface area contributed by atoms with Crippen molar-refractivity contribution < 1.29 is 9.53 Å². The van der Waals surface area contributed by atoms with Crippen LogP contribution in [0.25, 0.3) is 0 Å². The Bertz CT molecular complexity index is 700. The van der Waals surface area contributed by atoms with E-state index in [1.54, 1.807) is 6.21 Å². The van der Waals surface area contributed by atoms with Crippen LogP contribution in [0.1, 0.15) is 18.1 Å². The van der Waals surface area contributed by atoms with Crippen molar-refractivity contribution in [2.75, 3.05) is 6.61 Å². The van der Waals surface area contributed by atoms with E-state index in [0.717, 1.165) is 25.8 Å². The Kier molecular flexibility index (Phi) is 6.80. The summed E-state index contributed by atoms with van der Waals surface area (Å²) in [5.41, 5.74) is 4.26. The summed E-state index contributed by atoms with van der Waals surface area (Å²) in [5.74, 6) is 0.554. The van der Waals surface area contributed by atoms with Crippen LogP contribution in [0.5, 0.6) is 5.75 Å². The lowest BCUT2D eigenvalue weighted by Crippen LogP contribution is -2.19. The summed E-state index contributed by atoms with van der Waals surface area (Å²) in [6.07, 6.45) is 1.86. The maximum Gasteiger partial charge on any atom is 0.244 e. The van der Waals surface area contributed by atoms with Crippen molar-refractivity contribution in [3.05, 3.63) is 62.5 Å². The third-order valence-electron chi connectivity index (χ3n) is 2.94. The van der Waals surface area contributed by atoms with Gasteiger partial charge in [0.1, 0.15) is 5.75 Å². The molecule has 2 aromatic carbocycles. The molecular weight excluding hydrogens is 424 g/mol.